The van der Waals surface area contributed by atoms with E-state index >= 15 is 0 Å². The van der Waals surface area contributed by atoms with Crippen molar-refractivity contribution in [3.63, 3.8) is 0 Å². The molecule has 0 bridgehead atoms. The number of nitrogens with one attached hydrogen (secondary N) is 1. The Labute approximate surface area is 115 Å². The molecule has 3 heteroatoms. The van der Waals surface area contributed by atoms with Gasteiger partial charge in [0.2, 0.25) is 0 Å². The van der Waals surface area contributed by atoms with Crippen LogP contribution >= 0.6 is 15.9 Å². The van der Waals surface area contributed by atoms with E-state index in [1.54, 1.807) is 6.07 Å². The predicted octanol–water partition coefficient (Wildman–Crippen LogP) is 4.76. The number of aryl methyl sites for hydroxylation is 1. The van der Waals surface area contributed by atoms with Crippen LogP contribution in [-0.4, -0.2) is 0 Å². The first-order valence-electron chi connectivity index (χ1n) is 5.96. The maximum Gasteiger partial charge on any atom is 0.139 e. The van der Waals surface area contributed by atoms with Crippen molar-refractivity contribution in [2.24, 2.45) is 0 Å². The van der Waals surface area contributed by atoms with Crippen molar-refractivity contribution in [2.75, 3.05) is 5.32 Å². The first-order chi connectivity index (χ1) is 8.69. The Bertz CT molecular complexity index is 523. The fraction of sp³-hybridized carbons (Fsp3) is 0.200. The summed E-state index contributed by atoms with van der Waals surface area (Å²) in [5.41, 5.74) is 3.30. The summed E-state index contributed by atoms with van der Waals surface area (Å²) in [6.45, 7) is 2.84. The minimum Gasteiger partial charge on any atom is -0.381 e. The minimum atomic E-state index is -0.249. The van der Waals surface area contributed by atoms with Crippen molar-refractivity contribution in [2.45, 2.75) is 19.9 Å². The van der Waals surface area contributed by atoms with Crippen molar-refractivity contribution >= 4 is 21.6 Å². The number of halogens is 2. The van der Waals surface area contributed by atoms with Crippen LogP contribution in [0, 0.1) is 5.82 Å². The molecule has 0 amide bonds. The lowest BCUT2D eigenvalue weighted by Crippen LogP contribution is -1.99. The summed E-state index contributed by atoms with van der Waals surface area (Å²) >= 11 is 3.14. The summed E-state index contributed by atoms with van der Waals surface area (Å²) in [5.74, 6) is -0.249. The van der Waals surface area contributed by atoms with E-state index in [1.807, 2.05) is 6.07 Å². The zero-order valence-corrected chi connectivity index (χ0v) is 11.8. The molecule has 0 heterocycles. The number of rotatable bonds is 4. The summed E-state index contributed by atoms with van der Waals surface area (Å²) in [6, 6.07) is 13.5. The first kappa shape index (κ1) is 13.1. The van der Waals surface area contributed by atoms with Crippen molar-refractivity contribution in [1.29, 1.82) is 0 Å². The molecular formula is C15H15BrFN. The second kappa shape index (κ2) is 6.01. The molecule has 0 aromatic heterocycles. The maximum atomic E-state index is 13.3. The standard InChI is InChI=1S/C15H15BrFN/c1-2-11-3-5-12(6-4-11)10-18-13-7-8-14(16)15(17)9-13/h3-9,18H,2,10H2,1H3. The molecule has 0 aliphatic carbocycles. The van der Waals surface area contributed by atoms with Gasteiger partial charge in [-0.2, -0.15) is 0 Å². The van der Waals surface area contributed by atoms with Crippen molar-refractivity contribution in [3.05, 3.63) is 63.9 Å². The highest BCUT2D eigenvalue weighted by atomic mass is 79.9. The molecule has 2 aromatic carbocycles. The fourth-order valence-electron chi connectivity index (χ4n) is 1.70. The molecule has 0 saturated carbocycles. The van der Waals surface area contributed by atoms with Gasteiger partial charge in [0.25, 0.3) is 0 Å². The third-order valence-electron chi connectivity index (χ3n) is 2.85. The minimum absolute atomic E-state index is 0.249. The van der Waals surface area contributed by atoms with Crippen LogP contribution in [0.5, 0.6) is 0 Å². The fourth-order valence-corrected chi connectivity index (χ4v) is 1.95. The van der Waals surface area contributed by atoms with Crippen molar-refractivity contribution in [1.82, 2.24) is 0 Å². The summed E-state index contributed by atoms with van der Waals surface area (Å²) in [4.78, 5) is 0. The molecule has 0 aliphatic heterocycles. The van der Waals surface area contributed by atoms with Crippen molar-refractivity contribution < 1.29 is 4.39 Å². The quantitative estimate of drug-likeness (QED) is 0.858. The highest BCUT2D eigenvalue weighted by molar-refractivity contribution is 9.10. The van der Waals surface area contributed by atoms with Crippen LogP contribution in [0.3, 0.4) is 0 Å². The molecule has 0 atom stereocenters. The van der Waals surface area contributed by atoms with Crippen molar-refractivity contribution in [3.8, 4) is 0 Å². The zero-order valence-electron chi connectivity index (χ0n) is 10.2. The molecule has 18 heavy (non-hydrogen) atoms. The molecule has 0 fully saturated rings. The van der Waals surface area contributed by atoms with Crippen LogP contribution < -0.4 is 5.32 Å². The Morgan fingerprint density at radius 1 is 1.06 bits per heavy atom. The average Bonchev–Trinajstić information content (AvgIpc) is 2.41. The highest BCUT2D eigenvalue weighted by Gasteiger charge is 2.00. The first-order valence-corrected chi connectivity index (χ1v) is 6.75. The Kier molecular flexibility index (Phi) is 4.37. The van der Waals surface area contributed by atoms with Gasteiger partial charge in [-0.15, -0.1) is 0 Å². The van der Waals surface area contributed by atoms with Gasteiger partial charge in [-0.1, -0.05) is 31.2 Å². The number of benzene rings is 2. The molecular weight excluding hydrogens is 293 g/mol. The summed E-state index contributed by atoms with van der Waals surface area (Å²) < 4.78 is 13.8. The van der Waals surface area contributed by atoms with Crippen LogP contribution in [-0.2, 0) is 13.0 Å². The number of hydrogen-bond donors (Lipinski definition) is 1. The molecule has 0 unspecified atom stereocenters. The topological polar surface area (TPSA) is 12.0 Å². The molecule has 0 spiro atoms. The average molecular weight is 308 g/mol. The number of hydrogen-bond acceptors (Lipinski definition) is 1. The van der Waals surface area contributed by atoms with Gasteiger partial charge in [0.05, 0.1) is 4.47 Å². The van der Waals surface area contributed by atoms with Gasteiger partial charge < -0.3 is 5.32 Å². The van der Waals surface area contributed by atoms with Crippen LogP contribution in [0.2, 0.25) is 0 Å². The smallest absolute Gasteiger partial charge is 0.139 e. The van der Waals surface area contributed by atoms with Gasteiger partial charge in [0, 0.05) is 12.2 Å². The second-order valence-corrected chi connectivity index (χ2v) is 5.01. The summed E-state index contributed by atoms with van der Waals surface area (Å²) in [7, 11) is 0. The Balaban J connectivity index is 1.99. The number of anilines is 1. The molecule has 2 aromatic rings. The third-order valence-corrected chi connectivity index (χ3v) is 3.49. The largest absolute Gasteiger partial charge is 0.381 e. The van der Waals surface area contributed by atoms with Gasteiger partial charge in [-0.3, -0.25) is 0 Å². The van der Waals surface area contributed by atoms with Crippen LogP contribution in [0.25, 0.3) is 0 Å². The van der Waals surface area contributed by atoms with E-state index in [9.17, 15) is 4.39 Å². The predicted molar refractivity (Wildman–Crippen MR) is 77.2 cm³/mol. The molecule has 0 aliphatic rings. The zero-order chi connectivity index (χ0) is 13.0. The van der Waals surface area contributed by atoms with E-state index in [-0.39, 0.29) is 5.82 Å². The van der Waals surface area contributed by atoms with Crippen LogP contribution in [0.4, 0.5) is 10.1 Å². The van der Waals surface area contributed by atoms with Gasteiger partial charge in [0.15, 0.2) is 0 Å². The maximum absolute atomic E-state index is 13.3. The highest BCUT2D eigenvalue weighted by Crippen LogP contribution is 2.19. The molecule has 0 saturated heterocycles. The molecule has 0 radical (unpaired) electrons. The third kappa shape index (κ3) is 3.33. The lowest BCUT2D eigenvalue weighted by atomic mass is 10.1. The molecule has 2 rings (SSSR count). The monoisotopic (exact) mass is 307 g/mol. The van der Waals surface area contributed by atoms with Gasteiger partial charge in [0.1, 0.15) is 5.82 Å². The second-order valence-electron chi connectivity index (χ2n) is 4.15. The van der Waals surface area contributed by atoms with Crippen LogP contribution in [0.15, 0.2) is 46.9 Å². The van der Waals surface area contributed by atoms with E-state index in [0.29, 0.717) is 11.0 Å². The van der Waals surface area contributed by atoms with Gasteiger partial charge in [-0.25, -0.2) is 4.39 Å². The Morgan fingerprint density at radius 3 is 2.33 bits per heavy atom. The van der Waals surface area contributed by atoms with Gasteiger partial charge >= 0.3 is 0 Å². The van der Waals surface area contributed by atoms with E-state index < -0.39 is 0 Å². The van der Waals surface area contributed by atoms with E-state index in [2.05, 4.69) is 52.4 Å². The Morgan fingerprint density at radius 2 is 1.72 bits per heavy atom. The van der Waals surface area contributed by atoms with E-state index in [4.69, 9.17) is 0 Å². The SMILES string of the molecule is CCc1ccc(CNc2ccc(Br)c(F)c2)cc1. The van der Waals surface area contributed by atoms with Crippen LogP contribution in [0.1, 0.15) is 18.1 Å². The lowest BCUT2D eigenvalue weighted by molar-refractivity contribution is 0.621. The van der Waals surface area contributed by atoms with E-state index in [1.165, 1.54) is 17.2 Å². The molecule has 1 N–H and O–H groups in total. The lowest BCUT2D eigenvalue weighted by Gasteiger charge is -2.08. The Hall–Kier alpha value is -1.35. The summed E-state index contributed by atoms with van der Waals surface area (Å²) in [6.07, 6.45) is 1.05. The van der Waals surface area contributed by atoms with E-state index in [0.717, 1.165) is 12.1 Å². The van der Waals surface area contributed by atoms with Gasteiger partial charge in [-0.05, 0) is 51.7 Å². The normalized spacial score (nSPS) is 10.4. The summed E-state index contributed by atoms with van der Waals surface area (Å²) in [5, 5.41) is 3.21. The molecule has 94 valence electrons. The molecule has 1 nitrogen and oxygen atoms in total.